The maximum atomic E-state index is 12.8. The van der Waals surface area contributed by atoms with E-state index in [4.69, 9.17) is 4.74 Å². The molecule has 2 bridgehead atoms. The summed E-state index contributed by atoms with van der Waals surface area (Å²) in [4.78, 5) is 54.1. The van der Waals surface area contributed by atoms with E-state index in [1.54, 1.807) is 4.90 Å². The topological polar surface area (TPSA) is 124 Å². The summed E-state index contributed by atoms with van der Waals surface area (Å²) in [7, 11) is 0. The number of nitrogens with zero attached hydrogens (tertiary/aromatic N) is 1. The van der Waals surface area contributed by atoms with Crippen molar-refractivity contribution in [3.05, 3.63) is 32.6 Å². The van der Waals surface area contributed by atoms with E-state index >= 15 is 0 Å². The van der Waals surface area contributed by atoms with Crippen molar-refractivity contribution in [2.75, 3.05) is 19.6 Å². The third-order valence-corrected chi connectivity index (χ3v) is 6.41. The zero-order valence-electron chi connectivity index (χ0n) is 16.0. The lowest BCUT2D eigenvalue weighted by Crippen LogP contribution is -2.41. The number of fused-ring (bicyclic) bond motifs is 1. The fourth-order valence-corrected chi connectivity index (χ4v) is 5.01. The number of carbonyl (C=O) groups excluding carboxylic acids is 2. The quantitative estimate of drug-likeness (QED) is 0.630. The maximum absolute atomic E-state index is 12.8. The van der Waals surface area contributed by atoms with E-state index in [2.05, 4.69) is 22.2 Å². The highest BCUT2D eigenvalue weighted by Crippen LogP contribution is 2.54. The van der Waals surface area contributed by atoms with Gasteiger partial charge < -0.3 is 19.9 Å². The molecule has 1 aromatic heterocycles. The van der Waals surface area contributed by atoms with Crippen molar-refractivity contribution in [3.63, 3.8) is 0 Å². The van der Waals surface area contributed by atoms with Gasteiger partial charge in [0.25, 0.3) is 11.5 Å². The van der Waals surface area contributed by atoms with Crippen LogP contribution in [-0.4, -0.2) is 58.0 Å². The molecule has 9 heteroatoms. The van der Waals surface area contributed by atoms with Crippen LogP contribution in [0.15, 0.2) is 15.8 Å². The van der Waals surface area contributed by atoms with Gasteiger partial charge in [0.05, 0.1) is 18.2 Å². The van der Waals surface area contributed by atoms with Gasteiger partial charge in [0.2, 0.25) is 5.91 Å². The number of rotatable bonds is 6. The largest absolute Gasteiger partial charge is 0.369 e. The Labute approximate surface area is 161 Å². The molecule has 1 spiro atoms. The zero-order chi connectivity index (χ0) is 19.9. The molecule has 3 aliphatic heterocycles. The number of hydrogen-bond acceptors (Lipinski definition) is 5. The number of carbonyl (C=O) groups is 2. The molecule has 28 heavy (non-hydrogen) atoms. The van der Waals surface area contributed by atoms with E-state index in [1.807, 2.05) is 0 Å². The van der Waals surface area contributed by atoms with Crippen LogP contribution in [0.25, 0.3) is 0 Å². The Bertz CT molecular complexity index is 893. The Morgan fingerprint density at radius 3 is 2.96 bits per heavy atom. The van der Waals surface area contributed by atoms with Crippen LogP contribution in [0, 0.1) is 11.8 Å². The van der Waals surface area contributed by atoms with Crippen LogP contribution >= 0.6 is 0 Å². The molecule has 0 unspecified atom stereocenters. The van der Waals surface area contributed by atoms with E-state index in [9.17, 15) is 19.2 Å². The summed E-state index contributed by atoms with van der Waals surface area (Å²) < 4.78 is 6.29. The van der Waals surface area contributed by atoms with Crippen LogP contribution in [0.2, 0.25) is 0 Å². The Hall–Kier alpha value is -2.42. The molecular weight excluding hydrogens is 364 g/mol. The minimum Gasteiger partial charge on any atom is -0.369 e. The summed E-state index contributed by atoms with van der Waals surface area (Å²) in [6.45, 7) is 3.54. The van der Waals surface area contributed by atoms with Gasteiger partial charge in [-0.05, 0) is 19.3 Å². The van der Waals surface area contributed by atoms with Gasteiger partial charge >= 0.3 is 5.69 Å². The number of unbranched alkanes of at least 4 members (excludes halogenated alkanes) is 1. The average molecular weight is 390 g/mol. The minimum absolute atomic E-state index is 0.0596. The molecule has 4 heterocycles. The van der Waals surface area contributed by atoms with Gasteiger partial charge in [-0.1, -0.05) is 13.3 Å². The molecule has 4 atom stereocenters. The minimum atomic E-state index is -0.687. The highest BCUT2D eigenvalue weighted by Gasteiger charge is 2.63. The van der Waals surface area contributed by atoms with Crippen molar-refractivity contribution in [3.8, 4) is 0 Å². The molecule has 3 aliphatic rings. The van der Waals surface area contributed by atoms with Gasteiger partial charge in [0.1, 0.15) is 5.56 Å². The first-order valence-electron chi connectivity index (χ1n) is 9.99. The highest BCUT2D eigenvalue weighted by molar-refractivity contribution is 5.93. The molecule has 3 N–H and O–H groups in total. The van der Waals surface area contributed by atoms with Gasteiger partial charge in [-0.3, -0.25) is 19.4 Å². The molecule has 0 aliphatic carbocycles. The molecule has 3 fully saturated rings. The van der Waals surface area contributed by atoms with Crippen LogP contribution in [-0.2, 0) is 9.53 Å². The molecule has 4 rings (SSSR count). The molecule has 2 amide bonds. The number of ether oxygens (including phenoxy) is 1. The van der Waals surface area contributed by atoms with Crippen molar-refractivity contribution in [2.24, 2.45) is 11.8 Å². The van der Waals surface area contributed by atoms with E-state index in [-0.39, 0.29) is 35.0 Å². The molecule has 152 valence electrons. The standard InChI is InChI=1S/C19H26N4O5/c1-2-3-4-15(24)20-7-11-13-9-23(10-19(13)6-5-14(11)28-19)17(26)12-8-21-18(27)22-16(12)25/h8,11,13-14H,2-7,9-10H2,1H3,(H,20,24)(H2,21,22,25,27)/t11-,13+,14+,19+/m0/s1. The fraction of sp³-hybridized carbons (Fsp3) is 0.684. The highest BCUT2D eigenvalue weighted by atomic mass is 16.5. The third kappa shape index (κ3) is 3.17. The molecule has 1 aromatic rings. The summed E-state index contributed by atoms with van der Waals surface area (Å²) in [6.07, 6.45) is 5.48. The maximum Gasteiger partial charge on any atom is 0.325 e. The normalized spacial score (nSPS) is 30.5. The lowest BCUT2D eigenvalue weighted by Gasteiger charge is -2.29. The summed E-state index contributed by atoms with van der Waals surface area (Å²) in [5, 5.41) is 3.03. The van der Waals surface area contributed by atoms with Crippen LogP contribution in [0.3, 0.4) is 0 Å². The number of likely N-dealkylation sites (tertiary alicyclic amines) is 1. The Kier molecular flexibility index (Phi) is 4.86. The molecule has 3 saturated heterocycles. The van der Waals surface area contributed by atoms with Crippen molar-refractivity contribution >= 4 is 11.8 Å². The summed E-state index contributed by atoms with van der Waals surface area (Å²) in [6, 6.07) is 0. The number of H-pyrrole nitrogens is 2. The second kappa shape index (κ2) is 7.20. The monoisotopic (exact) mass is 390 g/mol. The number of aromatic amines is 2. The van der Waals surface area contributed by atoms with Gasteiger partial charge in [-0.15, -0.1) is 0 Å². The zero-order valence-corrected chi connectivity index (χ0v) is 16.0. The Morgan fingerprint density at radius 1 is 1.39 bits per heavy atom. The second-order valence-corrected chi connectivity index (χ2v) is 8.11. The number of aromatic nitrogens is 2. The third-order valence-electron chi connectivity index (χ3n) is 6.41. The predicted octanol–water partition coefficient (Wildman–Crippen LogP) is -0.0108. The first kappa shape index (κ1) is 18.9. The van der Waals surface area contributed by atoms with Crippen LogP contribution in [0.5, 0.6) is 0 Å². The first-order valence-corrected chi connectivity index (χ1v) is 9.99. The van der Waals surface area contributed by atoms with Gasteiger partial charge in [0.15, 0.2) is 0 Å². The van der Waals surface area contributed by atoms with Crippen molar-refractivity contribution < 1.29 is 14.3 Å². The fourth-order valence-electron chi connectivity index (χ4n) is 5.01. The SMILES string of the molecule is CCCCC(=O)NC[C@H]1[C@H]2CN(C(=O)c3c[nH]c(=O)[nH]c3=O)C[C@]23CC[C@H]1O3. The van der Waals surface area contributed by atoms with Crippen LogP contribution < -0.4 is 16.6 Å². The molecule has 9 nitrogen and oxygen atoms in total. The lowest BCUT2D eigenvalue weighted by molar-refractivity contribution is -0.121. The molecule has 0 aromatic carbocycles. The Balaban J connectivity index is 1.46. The summed E-state index contributed by atoms with van der Waals surface area (Å²) in [5.74, 6) is -0.0297. The van der Waals surface area contributed by atoms with Crippen LogP contribution in [0.1, 0.15) is 49.4 Å². The lowest BCUT2D eigenvalue weighted by atomic mass is 9.73. The van der Waals surface area contributed by atoms with E-state index in [0.29, 0.717) is 26.1 Å². The Morgan fingerprint density at radius 2 is 2.21 bits per heavy atom. The molecule has 0 saturated carbocycles. The predicted molar refractivity (Wildman–Crippen MR) is 99.9 cm³/mol. The number of hydrogen-bond donors (Lipinski definition) is 3. The van der Waals surface area contributed by atoms with Gasteiger partial charge in [-0.2, -0.15) is 0 Å². The van der Waals surface area contributed by atoms with E-state index < -0.39 is 17.2 Å². The van der Waals surface area contributed by atoms with E-state index in [0.717, 1.165) is 25.7 Å². The smallest absolute Gasteiger partial charge is 0.325 e. The van der Waals surface area contributed by atoms with Gasteiger partial charge in [0, 0.05) is 37.5 Å². The van der Waals surface area contributed by atoms with Crippen molar-refractivity contribution in [2.45, 2.75) is 50.7 Å². The number of amides is 2. The average Bonchev–Trinajstić information content (AvgIpc) is 3.32. The van der Waals surface area contributed by atoms with E-state index in [1.165, 1.54) is 6.20 Å². The van der Waals surface area contributed by atoms with Crippen LogP contribution in [0.4, 0.5) is 0 Å². The first-order chi connectivity index (χ1) is 13.4. The molecule has 0 radical (unpaired) electrons. The second-order valence-electron chi connectivity index (χ2n) is 8.11. The molecular formula is C19H26N4O5. The number of nitrogens with one attached hydrogen (secondary N) is 3. The summed E-state index contributed by atoms with van der Waals surface area (Å²) in [5.41, 5.74) is -1.78. The van der Waals surface area contributed by atoms with Crippen molar-refractivity contribution in [1.29, 1.82) is 0 Å². The summed E-state index contributed by atoms with van der Waals surface area (Å²) >= 11 is 0. The van der Waals surface area contributed by atoms with Crippen molar-refractivity contribution in [1.82, 2.24) is 20.2 Å². The van der Waals surface area contributed by atoms with Gasteiger partial charge in [-0.25, -0.2) is 4.79 Å².